The van der Waals surface area contributed by atoms with Crippen LogP contribution in [0.2, 0.25) is 0 Å². The molecule has 0 unspecified atom stereocenters. The Kier molecular flexibility index (Phi) is 15.6. The third-order valence-corrected chi connectivity index (χ3v) is 7.65. The quantitative estimate of drug-likeness (QED) is 0.163. The Balaban J connectivity index is 1.47. The summed E-state index contributed by atoms with van der Waals surface area (Å²) in [4.78, 5) is 26.5. The highest BCUT2D eigenvalue weighted by Gasteiger charge is 2.47. The van der Waals surface area contributed by atoms with E-state index in [1.807, 2.05) is 11.8 Å². The third kappa shape index (κ3) is 11.1. The molecule has 198 valence electrons. The molecule has 0 saturated carbocycles. The van der Waals surface area contributed by atoms with Crippen molar-refractivity contribution < 1.29 is 28.9 Å². The summed E-state index contributed by atoms with van der Waals surface area (Å²) in [5.74, 6) is 1.06. The maximum atomic E-state index is 12.4. The van der Waals surface area contributed by atoms with E-state index >= 15 is 0 Å². The number of carbonyl (C=O) groups is 2. The van der Waals surface area contributed by atoms with Gasteiger partial charge in [0.15, 0.2) is 0 Å². The van der Waals surface area contributed by atoms with Crippen LogP contribution in [0, 0.1) is 0 Å². The van der Waals surface area contributed by atoms with Crippen molar-refractivity contribution in [1.29, 1.82) is 0 Å². The van der Waals surface area contributed by atoms with Crippen molar-refractivity contribution in [3.05, 3.63) is 0 Å². The normalized spacial score (nSPS) is 21.6. The summed E-state index contributed by atoms with van der Waals surface area (Å²) in [5.41, 5.74) is 0. The highest BCUT2D eigenvalue weighted by atomic mass is 32.2. The second-order valence-electron chi connectivity index (χ2n) is 8.83. The van der Waals surface area contributed by atoms with Crippen LogP contribution in [0.1, 0.15) is 58.3 Å². The van der Waals surface area contributed by atoms with E-state index < -0.39 is 0 Å². The van der Waals surface area contributed by atoms with Gasteiger partial charge in [0.1, 0.15) is 0 Å². The Morgan fingerprint density at radius 1 is 1.06 bits per heavy atom. The Morgan fingerprint density at radius 2 is 1.79 bits per heavy atom. The molecule has 2 rings (SSSR count). The minimum absolute atomic E-state index is 0.0210. The van der Waals surface area contributed by atoms with Gasteiger partial charge < -0.3 is 34.9 Å². The number of fused-ring (bicyclic) bond motifs is 1. The maximum Gasteiger partial charge on any atom is 0.318 e. The summed E-state index contributed by atoms with van der Waals surface area (Å²) in [7, 11) is 0. The smallest absolute Gasteiger partial charge is 0.318 e. The van der Waals surface area contributed by atoms with Gasteiger partial charge in [-0.3, -0.25) is 4.79 Å². The standard InChI is InChI=1S/C24H45N3O6S/c1-2-3-4-7-11-27-23-20(26-24(27)30)19-34-21(23)8-5-6-9-22(29)25-10-13-31-15-17-33-18-16-32-14-12-28/h20-21,23,28H,2-19H2,1H3,(H,25,29)(H,26,30)/t20-,21-,23-/m0/s1. The fourth-order valence-corrected chi connectivity index (χ4v) is 6.01. The number of aliphatic hydroxyl groups excluding tert-OH is 1. The van der Waals surface area contributed by atoms with Gasteiger partial charge in [-0.15, -0.1) is 0 Å². The molecule has 2 aliphatic heterocycles. The van der Waals surface area contributed by atoms with Gasteiger partial charge in [-0.25, -0.2) is 4.79 Å². The molecule has 2 saturated heterocycles. The molecule has 3 N–H and O–H groups in total. The molecule has 0 bridgehead atoms. The van der Waals surface area contributed by atoms with Crippen molar-refractivity contribution >= 4 is 23.7 Å². The zero-order valence-electron chi connectivity index (χ0n) is 20.8. The molecule has 0 radical (unpaired) electrons. The molecule has 2 aliphatic rings. The lowest BCUT2D eigenvalue weighted by Gasteiger charge is -2.27. The predicted molar refractivity (Wildman–Crippen MR) is 134 cm³/mol. The second kappa shape index (κ2) is 18.2. The topological polar surface area (TPSA) is 109 Å². The van der Waals surface area contributed by atoms with E-state index in [4.69, 9.17) is 19.3 Å². The van der Waals surface area contributed by atoms with E-state index in [-0.39, 0.29) is 24.6 Å². The minimum atomic E-state index is 0.0210. The summed E-state index contributed by atoms with van der Waals surface area (Å²) in [6, 6.07) is 0.695. The first-order valence-electron chi connectivity index (χ1n) is 13.0. The first kappa shape index (κ1) is 29.2. The van der Waals surface area contributed by atoms with E-state index in [0.29, 0.717) is 63.9 Å². The van der Waals surface area contributed by atoms with Crippen molar-refractivity contribution in [1.82, 2.24) is 15.5 Å². The first-order chi connectivity index (χ1) is 16.7. The summed E-state index contributed by atoms with van der Waals surface area (Å²) in [6.07, 6.45) is 8.15. The molecule has 0 aromatic rings. The van der Waals surface area contributed by atoms with Crippen LogP contribution in [0.25, 0.3) is 0 Å². The molecule has 3 atom stereocenters. The van der Waals surface area contributed by atoms with Crippen molar-refractivity contribution in [2.75, 3.05) is 65.1 Å². The highest BCUT2D eigenvalue weighted by molar-refractivity contribution is 8.00. The number of nitrogens with one attached hydrogen (secondary N) is 2. The van der Waals surface area contributed by atoms with Crippen LogP contribution < -0.4 is 10.6 Å². The summed E-state index contributed by atoms with van der Waals surface area (Å²) >= 11 is 1.97. The van der Waals surface area contributed by atoms with Crippen LogP contribution in [-0.2, 0) is 19.0 Å². The number of hydrogen-bond donors (Lipinski definition) is 3. The first-order valence-corrected chi connectivity index (χ1v) is 14.0. The number of rotatable bonds is 21. The van der Waals surface area contributed by atoms with Crippen LogP contribution in [-0.4, -0.2) is 104 Å². The summed E-state index contributed by atoms with van der Waals surface area (Å²) < 4.78 is 15.9. The van der Waals surface area contributed by atoms with Crippen molar-refractivity contribution in [3.63, 3.8) is 0 Å². The molecule has 3 amide bonds. The van der Waals surface area contributed by atoms with E-state index in [2.05, 4.69) is 22.5 Å². The van der Waals surface area contributed by atoms with Gasteiger partial charge in [0.05, 0.1) is 58.3 Å². The lowest BCUT2D eigenvalue weighted by molar-refractivity contribution is -0.121. The molecule has 34 heavy (non-hydrogen) atoms. The number of urea groups is 1. The van der Waals surface area contributed by atoms with Crippen LogP contribution in [0.3, 0.4) is 0 Å². The monoisotopic (exact) mass is 503 g/mol. The van der Waals surface area contributed by atoms with E-state index in [0.717, 1.165) is 38.0 Å². The number of amides is 3. The Morgan fingerprint density at radius 3 is 2.53 bits per heavy atom. The van der Waals surface area contributed by atoms with Crippen molar-refractivity contribution in [2.45, 2.75) is 75.6 Å². The lowest BCUT2D eigenvalue weighted by Crippen LogP contribution is -2.41. The summed E-state index contributed by atoms with van der Waals surface area (Å²) in [5, 5.41) is 15.1. The number of unbranched alkanes of at least 4 members (excludes halogenated alkanes) is 4. The molecular formula is C24H45N3O6S. The zero-order valence-corrected chi connectivity index (χ0v) is 21.6. The second-order valence-corrected chi connectivity index (χ2v) is 10.1. The number of thioether (sulfide) groups is 1. The van der Waals surface area contributed by atoms with E-state index in [1.54, 1.807) is 0 Å². The number of nitrogens with zero attached hydrogens (tertiary/aromatic N) is 1. The SMILES string of the molecule is CCCCCCN1C(=O)N[C@H]2CS[C@@H](CCCCC(=O)NCCOCCOCCOCCO)[C@H]21. The Hall–Kier alpha value is -1.07. The molecule has 2 fully saturated rings. The van der Waals surface area contributed by atoms with Gasteiger partial charge in [-0.1, -0.05) is 32.6 Å². The van der Waals surface area contributed by atoms with Gasteiger partial charge in [0, 0.05) is 30.5 Å². The van der Waals surface area contributed by atoms with Crippen LogP contribution in [0.5, 0.6) is 0 Å². The number of ether oxygens (including phenoxy) is 3. The van der Waals surface area contributed by atoms with E-state index in [1.165, 1.54) is 19.3 Å². The molecule has 0 aliphatic carbocycles. The fraction of sp³-hybridized carbons (Fsp3) is 0.917. The zero-order chi connectivity index (χ0) is 24.4. The van der Waals surface area contributed by atoms with Crippen LogP contribution >= 0.6 is 11.8 Å². The maximum absolute atomic E-state index is 12.4. The predicted octanol–water partition coefficient (Wildman–Crippen LogP) is 2.16. The molecule has 2 heterocycles. The van der Waals surface area contributed by atoms with Crippen LogP contribution in [0.15, 0.2) is 0 Å². The molecule has 0 aromatic heterocycles. The number of aliphatic hydroxyl groups is 1. The Bertz CT molecular complexity index is 571. The molecule has 9 nitrogen and oxygen atoms in total. The van der Waals surface area contributed by atoms with Gasteiger partial charge in [0.25, 0.3) is 0 Å². The largest absolute Gasteiger partial charge is 0.394 e. The van der Waals surface area contributed by atoms with Crippen LogP contribution in [0.4, 0.5) is 4.79 Å². The highest BCUT2D eigenvalue weighted by Crippen LogP contribution is 2.37. The van der Waals surface area contributed by atoms with Crippen molar-refractivity contribution in [3.8, 4) is 0 Å². The van der Waals surface area contributed by atoms with Crippen molar-refractivity contribution in [2.24, 2.45) is 0 Å². The van der Waals surface area contributed by atoms with Gasteiger partial charge in [-0.05, 0) is 19.3 Å². The number of carbonyl (C=O) groups excluding carboxylic acids is 2. The average molecular weight is 504 g/mol. The lowest BCUT2D eigenvalue weighted by atomic mass is 10.0. The van der Waals surface area contributed by atoms with E-state index in [9.17, 15) is 9.59 Å². The fourth-order valence-electron chi connectivity index (χ4n) is 4.41. The van der Waals surface area contributed by atoms with Gasteiger partial charge in [-0.2, -0.15) is 11.8 Å². The minimum Gasteiger partial charge on any atom is -0.394 e. The Labute approximate surface area is 209 Å². The molecule has 0 spiro atoms. The van der Waals surface area contributed by atoms with Gasteiger partial charge in [0.2, 0.25) is 5.91 Å². The van der Waals surface area contributed by atoms with Gasteiger partial charge >= 0.3 is 6.03 Å². The summed E-state index contributed by atoms with van der Waals surface area (Å²) in [6.45, 7) is 6.28. The number of hydrogen-bond acceptors (Lipinski definition) is 7. The average Bonchev–Trinajstić information content (AvgIpc) is 3.36. The molecular weight excluding hydrogens is 458 g/mol. The molecule has 10 heteroatoms. The third-order valence-electron chi connectivity index (χ3n) is 6.16. The molecule has 0 aromatic carbocycles.